The second-order valence-electron chi connectivity index (χ2n) is 3.25. The summed E-state index contributed by atoms with van der Waals surface area (Å²) in [6, 6.07) is 4.44. The molecular weight excluding hydrogens is 172 g/mol. The molecule has 0 aliphatic heterocycles. The molecule has 0 bridgehead atoms. The summed E-state index contributed by atoms with van der Waals surface area (Å²) in [5.74, 6) is 2.68. The van der Waals surface area contributed by atoms with Crippen LogP contribution in [0, 0.1) is 12.3 Å². The predicted molar refractivity (Wildman–Crippen MR) is 58.6 cm³/mol. The summed E-state index contributed by atoms with van der Waals surface area (Å²) in [6.07, 6.45) is 10.7. The van der Waals surface area contributed by atoms with Crippen molar-refractivity contribution in [2.24, 2.45) is 0 Å². The fourth-order valence-electron chi connectivity index (χ4n) is 1.27. The maximum absolute atomic E-state index is 5.27. The third kappa shape index (κ3) is 3.59. The van der Waals surface area contributed by atoms with E-state index < -0.39 is 0 Å². The van der Waals surface area contributed by atoms with Crippen LogP contribution >= 0.6 is 0 Å². The highest BCUT2D eigenvalue weighted by molar-refractivity contribution is 5.09. The van der Waals surface area contributed by atoms with Crippen molar-refractivity contribution in [3.63, 3.8) is 0 Å². The second kappa shape index (κ2) is 6.17. The topological polar surface area (TPSA) is 24.9 Å². The van der Waals surface area contributed by atoms with Crippen LogP contribution in [-0.2, 0) is 6.54 Å². The maximum atomic E-state index is 5.27. The Morgan fingerprint density at radius 1 is 1.50 bits per heavy atom. The molecule has 14 heavy (non-hydrogen) atoms. The van der Waals surface area contributed by atoms with Gasteiger partial charge >= 0.3 is 0 Å². The fraction of sp³-hybridized carbons (Fsp3) is 0.417. The largest absolute Gasteiger partial charge is 0.309 e. The number of hydrogen-bond acceptors (Lipinski definition) is 2. The molecule has 2 nitrogen and oxygen atoms in total. The molecule has 1 N–H and O–H groups in total. The Labute approximate surface area is 85.8 Å². The van der Waals surface area contributed by atoms with Crippen LogP contribution in [0.4, 0.5) is 0 Å². The van der Waals surface area contributed by atoms with Crippen molar-refractivity contribution in [1.82, 2.24) is 10.3 Å². The molecule has 0 spiro atoms. The lowest BCUT2D eigenvalue weighted by Gasteiger charge is -2.13. The van der Waals surface area contributed by atoms with Crippen molar-refractivity contribution in [3.05, 3.63) is 30.1 Å². The monoisotopic (exact) mass is 188 g/mol. The Morgan fingerprint density at radius 2 is 2.21 bits per heavy atom. The first kappa shape index (κ1) is 10.7. The number of terminal acetylenes is 1. The van der Waals surface area contributed by atoms with Gasteiger partial charge in [-0.05, 0) is 24.1 Å². The van der Waals surface area contributed by atoms with Crippen LogP contribution in [0.5, 0.6) is 0 Å². The van der Waals surface area contributed by atoms with Gasteiger partial charge in [0.05, 0.1) is 0 Å². The molecule has 74 valence electrons. The average molecular weight is 188 g/mol. The average Bonchev–Trinajstić information content (AvgIpc) is 2.25. The summed E-state index contributed by atoms with van der Waals surface area (Å²) >= 11 is 0. The molecule has 1 heterocycles. The lowest BCUT2D eigenvalue weighted by Crippen LogP contribution is -2.27. The number of nitrogens with zero attached hydrogens (tertiary/aromatic N) is 1. The number of aromatic nitrogens is 1. The van der Waals surface area contributed by atoms with Gasteiger partial charge in [0.25, 0.3) is 0 Å². The predicted octanol–water partition coefficient (Wildman–Crippen LogP) is 1.97. The second-order valence-corrected chi connectivity index (χ2v) is 3.25. The Hall–Kier alpha value is -1.33. The van der Waals surface area contributed by atoms with E-state index in [0.717, 1.165) is 19.4 Å². The van der Waals surface area contributed by atoms with E-state index in [9.17, 15) is 0 Å². The van der Waals surface area contributed by atoms with Gasteiger partial charge in [-0.25, -0.2) is 0 Å². The molecular formula is C12H16N2. The zero-order valence-electron chi connectivity index (χ0n) is 8.53. The Balaban J connectivity index is 2.36. The quantitative estimate of drug-likeness (QED) is 0.715. The molecule has 0 radical (unpaired) electrons. The smallest absolute Gasteiger partial charge is 0.0271 e. The van der Waals surface area contributed by atoms with Gasteiger partial charge in [-0.15, -0.1) is 12.3 Å². The molecule has 0 aromatic carbocycles. The highest BCUT2D eigenvalue weighted by atomic mass is 14.9. The van der Waals surface area contributed by atoms with Crippen molar-refractivity contribution in [2.75, 3.05) is 0 Å². The number of rotatable bonds is 5. The van der Waals surface area contributed by atoms with Gasteiger partial charge < -0.3 is 5.32 Å². The molecule has 1 aromatic rings. The van der Waals surface area contributed by atoms with Crippen molar-refractivity contribution >= 4 is 0 Å². The molecule has 0 fully saturated rings. The van der Waals surface area contributed by atoms with E-state index in [-0.39, 0.29) is 0 Å². The van der Waals surface area contributed by atoms with E-state index in [0.29, 0.717) is 6.04 Å². The molecule has 0 aliphatic carbocycles. The molecule has 1 atom stereocenters. The SMILES string of the molecule is C#CCC(CC)NCc1ccncc1. The van der Waals surface area contributed by atoms with Crippen molar-refractivity contribution < 1.29 is 0 Å². The van der Waals surface area contributed by atoms with Crippen LogP contribution in [0.15, 0.2) is 24.5 Å². The molecule has 0 saturated carbocycles. The standard InChI is InChI=1S/C12H16N2/c1-3-5-12(4-2)14-10-11-6-8-13-9-7-11/h1,6-9,12,14H,4-5,10H2,2H3. The summed E-state index contributed by atoms with van der Waals surface area (Å²) in [5.41, 5.74) is 1.25. The highest BCUT2D eigenvalue weighted by Crippen LogP contribution is 2.00. The van der Waals surface area contributed by atoms with Gasteiger partial charge in [0.15, 0.2) is 0 Å². The molecule has 0 saturated heterocycles. The van der Waals surface area contributed by atoms with Crippen LogP contribution in [0.2, 0.25) is 0 Å². The van der Waals surface area contributed by atoms with Crippen LogP contribution < -0.4 is 5.32 Å². The first-order valence-electron chi connectivity index (χ1n) is 4.92. The first-order chi connectivity index (χ1) is 6.86. The Kier molecular flexibility index (Phi) is 4.74. The molecule has 0 aliphatic rings. The maximum Gasteiger partial charge on any atom is 0.0271 e. The van der Waals surface area contributed by atoms with Crippen LogP contribution in [-0.4, -0.2) is 11.0 Å². The summed E-state index contributed by atoms with van der Waals surface area (Å²) in [5, 5.41) is 3.42. The van der Waals surface area contributed by atoms with Crippen LogP contribution in [0.1, 0.15) is 25.3 Å². The minimum absolute atomic E-state index is 0.424. The summed E-state index contributed by atoms with van der Waals surface area (Å²) in [4.78, 5) is 3.97. The number of nitrogens with one attached hydrogen (secondary N) is 1. The lowest BCUT2D eigenvalue weighted by molar-refractivity contribution is 0.506. The zero-order chi connectivity index (χ0) is 10.2. The molecule has 1 rings (SSSR count). The zero-order valence-corrected chi connectivity index (χ0v) is 8.53. The molecule has 0 amide bonds. The summed E-state index contributed by atoms with van der Waals surface area (Å²) < 4.78 is 0. The van der Waals surface area contributed by atoms with E-state index >= 15 is 0 Å². The van der Waals surface area contributed by atoms with Crippen molar-refractivity contribution in [2.45, 2.75) is 32.4 Å². The van der Waals surface area contributed by atoms with E-state index in [1.165, 1.54) is 5.56 Å². The van der Waals surface area contributed by atoms with E-state index in [4.69, 9.17) is 6.42 Å². The third-order valence-electron chi connectivity index (χ3n) is 2.20. The van der Waals surface area contributed by atoms with E-state index in [1.54, 1.807) is 12.4 Å². The van der Waals surface area contributed by atoms with Gasteiger partial charge in [0.1, 0.15) is 0 Å². The summed E-state index contributed by atoms with van der Waals surface area (Å²) in [7, 11) is 0. The summed E-state index contributed by atoms with van der Waals surface area (Å²) in [6.45, 7) is 3.00. The van der Waals surface area contributed by atoms with Crippen molar-refractivity contribution in [3.8, 4) is 12.3 Å². The van der Waals surface area contributed by atoms with Crippen LogP contribution in [0.3, 0.4) is 0 Å². The molecule has 1 aromatic heterocycles. The van der Waals surface area contributed by atoms with E-state index in [2.05, 4.69) is 23.1 Å². The fourth-order valence-corrected chi connectivity index (χ4v) is 1.27. The van der Waals surface area contributed by atoms with Gasteiger partial charge in [0, 0.05) is 31.4 Å². The third-order valence-corrected chi connectivity index (χ3v) is 2.20. The molecule has 1 unspecified atom stereocenters. The number of hydrogen-bond donors (Lipinski definition) is 1. The Morgan fingerprint density at radius 3 is 2.79 bits per heavy atom. The van der Waals surface area contributed by atoms with Gasteiger partial charge in [-0.1, -0.05) is 6.92 Å². The minimum Gasteiger partial charge on any atom is -0.309 e. The molecule has 2 heteroatoms. The van der Waals surface area contributed by atoms with Crippen molar-refractivity contribution in [1.29, 1.82) is 0 Å². The highest BCUT2D eigenvalue weighted by Gasteiger charge is 2.02. The van der Waals surface area contributed by atoms with Gasteiger partial charge in [-0.2, -0.15) is 0 Å². The van der Waals surface area contributed by atoms with E-state index in [1.807, 2.05) is 12.1 Å². The van der Waals surface area contributed by atoms with Crippen LogP contribution in [0.25, 0.3) is 0 Å². The normalized spacial score (nSPS) is 12.0. The van der Waals surface area contributed by atoms with Gasteiger partial charge in [-0.3, -0.25) is 4.98 Å². The minimum atomic E-state index is 0.424. The number of pyridine rings is 1. The lowest BCUT2D eigenvalue weighted by atomic mass is 10.1. The Bertz CT molecular complexity index is 287. The van der Waals surface area contributed by atoms with Gasteiger partial charge in [0.2, 0.25) is 0 Å². The first-order valence-corrected chi connectivity index (χ1v) is 4.92.